The van der Waals surface area contributed by atoms with Crippen LogP contribution in [0.4, 0.5) is 4.39 Å². The molecule has 1 N–H and O–H groups in total. The molecule has 0 unspecified atom stereocenters. The average molecular weight is 351 g/mol. The molecule has 1 aliphatic heterocycles. The van der Waals surface area contributed by atoms with Crippen molar-refractivity contribution in [1.29, 1.82) is 0 Å². The van der Waals surface area contributed by atoms with Gasteiger partial charge >= 0.3 is 5.97 Å². The molecule has 5 nitrogen and oxygen atoms in total. The van der Waals surface area contributed by atoms with E-state index in [9.17, 15) is 9.18 Å². The molecule has 3 rings (SSSR count). The summed E-state index contributed by atoms with van der Waals surface area (Å²) < 4.78 is 13.2. The number of carboxylic acids is 1. The van der Waals surface area contributed by atoms with Gasteiger partial charge in [-0.2, -0.15) is 5.10 Å². The average Bonchev–Trinajstić information content (AvgIpc) is 2.63. The topological polar surface area (TPSA) is 65.3 Å². The summed E-state index contributed by atoms with van der Waals surface area (Å²) in [5.74, 6) is -1.23. The summed E-state index contributed by atoms with van der Waals surface area (Å²) in [6, 6.07) is 15.8. The van der Waals surface area contributed by atoms with Crippen molar-refractivity contribution in [3.05, 3.63) is 77.6 Å². The second kappa shape index (κ2) is 7.74. The number of hydrogen-bond acceptors (Lipinski definition) is 4. The fourth-order valence-electron chi connectivity index (χ4n) is 2.65. The van der Waals surface area contributed by atoms with Gasteiger partial charge in [0.2, 0.25) is 0 Å². The normalized spacial score (nSPS) is 14.7. The predicted molar refractivity (Wildman–Crippen MR) is 99.4 cm³/mol. The Morgan fingerprint density at radius 1 is 1.15 bits per heavy atom. The third-order valence-corrected chi connectivity index (χ3v) is 3.83. The van der Waals surface area contributed by atoms with Crippen LogP contribution in [0.5, 0.6) is 0 Å². The number of hydrazone groups is 1. The molecule has 1 heterocycles. The summed E-state index contributed by atoms with van der Waals surface area (Å²) in [6.45, 7) is 1.93. The van der Waals surface area contributed by atoms with Gasteiger partial charge in [0.15, 0.2) is 0 Å². The van der Waals surface area contributed by atoms with Crippen LogP contribution in [0.25, 0.3) is 5.70 Å². The molecule has 0 spiro atoms. The number of carboxylic acid groups (broad SMARTS) is 1. The zero-order valence-electron chi connectivity index (χ0n) is 14.3. The maximum atomic E-state index is 13.2. The first-order valence-electron chi connectivity index (χ1n) is 8.14. The van der Waals surface area contributed by atoms with E-state index in [0.29, 0.717) is 5.71 Å². The van der Waals surface area contributed by atoms with Gasteiger partial charge in [-0.05, 0) is 42.8 Å². The standard InChI is InChI=1S/C20H18FN3O2/c1-14(11-20(25)26)23-24-13-22-18(15-7-9-17(21)10-8-15)12-19(24)16-5-3-2-4-6-16/h2-10,12H,11,13H2,1H3,(H,25,26)/b23-14+. The van der Waals surface area contributed by atoms with E-state index in [2.05, 4.69) is 10.1 Å². The highest BCUT2D eigenvalue weighted by molar-refractivity contribution is 6.12. The predicted octanol–water partition coefficient (Wildman–Crippen LogP) is 3.78. The van der Waals surface area contributed by atoms with Gasteiger partial charge in [-0.25, -0.2) is 9.40 Å². The molecule has 0 aromatic heterocycles. The van der Waals surface area contributed by atoms with Crippen LogP contribution in [-0.2, 0) is 4.79 Å². The van der Waals surface area contributed by atoms with Gasteiger partial charge in [0.1, 0.15) is 12.5 Å². The van der Waals surface area contributed by atoms with E-state index >= 15 is 0 Å². The van der Waals surface area contributed by atoms with Crippen LogP contribution in [0, 0.1) is 5.82 Å². The molecule has 1 aliphatic rings. The molecule has 26 heavy (non-hydrogen) atoms. The van der Waals surface area contributed by atoms with Crippen molar-refractivity contribution >= 4 is 23.1 Å². The second-order valence-corrected chi connectivity index (χ2v) is 5.89. The van der Waals surface area contributed by atoms with Crippen molar-refractivity contribution in [2.24, 2.45) is 10.1 Å². The first-order chi connectivity index (χ1) is 12.5. The molecule has 132 valence electrons. The highest BCUT2D eigenvalue weighted by Crippen LogP contribution is 2.24. The van der Waals surface area contributed by atoms with Gasteiger partial charge in [-0.1, -0.05) is 30.3 Å². The van der Waals surface area contributed by atoms with Crippen molar-refractivity contribution in [3.8, 4) is 0 Å². The Hall–Kier alpha value is -3.28. The number of carbonyl (C=O) groups is 1. The molecule has 0 atom stereocenters. The largest absolute Gasteiger partial charge is 0.481 e. The second-order valence-electron chi connectivity index (χ2n) is 5.89. The first-order valence-corrected chi connectivity index (χ1v) is 8.14. The van der Waals surface area contributed by atoms with E-state index in [0.717, 1.165) is 22.5 Å². The Kier molecular flexibility index (Phi) is 5.22. The SMILES string of the molecule is C/C(CC(=O)O)=N\N1CN=C(c2ccc(F)cc2)C=C1c1ccccc1. The zero-order valence-corrected chi connectivity index (χ0v) is 14.3. The lowest BCUT2D eigenvalue weighted by atomic mass is 10.0. The molecule has 0 fully saturated rings. The van der Waals surface area contributed by atoms with Gasteiger partial charge in [0.25, 0.3) is 0 Å². The molecule has 0 saturated heterocycles. The third-order valence-electron chi connectivity index (χ3n) is 3.83. The number of benzene rings is 2. The number of halogens is 1. The van der Waals surface area contributed by atoms with Gasteiger partial charge in [-0.3, -0.25) is 9.79 Å². The number of aliphatic imine (C=N–C) groups is 1. The third kappa shape index (κ3) is 4.22. The van der Waals surface area contributed by atoms with E-state index in [4.69, 9.17) is 5.11 Å². The highest BCUT2D eigenvalue weighted by atomic mass is 19.1. The first kappa shape index (κ1) is 17.5. The number of rotatable bonds is 5. The number of nitrogens with zero attached hydrogens (tertiary/aromatic N) is 3. The highest BCUT2D eigenvalue weighted by Gasteiger charge is 2.18. The fourth-order valence-corrected chi connectivity index (χ4v) is 2.65. The molecule has 0 radical (unpaired) electrons. The minimum absolute atomic E-state index is 0.132. The maximum absolute atomic E-state index is 13.2. The number of hydrogen-bond donors (Lipinski definition) is 1. The van der Waals surface area contributed by atoms with Crippen LogP contribution in [-0.4, -0.2) is 34.2 Å². The molecule has 0 aliphatic carbocycles. The van der Waals surface area contributed by atoms with E-state index in [-0.39, 0.29) is 18.9 Å². The van der Waals surface area contributed by atoms with Crippen molar-refractivity contribution in [3.63, 3.8) is 0 Å². The summed E-state index contributed by atoms with van der Waals surface area (Å²) in [5, 5.41) is 15.0. The summed E-state index contributed by atoms with van der Waals surface area (Å²) in [4.78, 5) is 15.4. The van der Waals surface area contributed by atoms with E-state index in [1.54, 1.807) is 24.1 Å². The zero-order chi connectivity index (χ0) is 18.5. The number of aliphatic carboxylic acids is 1. The van der Waals surface area contributed by atoms with Crippen molar-refractivity contribution in [2.75, 3.05) is 6.67 Å². The van der Waals surface area contributed by atoms with Crippen LogP contribution in [0.3, 0.4) is 0 Å². The Morgan fingerprint density at radius 2 is 1.85 bits per heavy atom. The summed E-state index contributed by atoms with van der Waals surface area (Å²) in [5.41, 5.74) is 3.77. The van der Waals surface area contributed by atoms with E-state index in [1.165, 1.54) is 12.1 Å². The van der Waals surface area contributed by atoms with Crippen LogP contribution >= 0.6 is 0 Å². The lowest BCUT2D eigenvalue weighted by Gasteiger charge is -2.26. The molecule has 2 aromatic rings. The number of allylic oxidation sites excluding steroid dienone is 1. The van der Waals surface area contributed by atoms with E-state index < -0.39 is 5.97 Å². The minimum atomic E-state index is -0.927. The van der Waals surface area contributed by atoms with Crippen molar-refractivity contribution in [2.45, 2.75) is 13.3 Å². The molecule has 0 saturated carbocycles. The minimum Gasteiger partial charge on any atom is -0.481 e. The smallest absolute Gasteiger partial charge is 0.309 e. The van der Waals surface area contributed by atoms with E-state index in [1.807, 2.05) is 36.4 Å². The lowest BCUT2D eigenvalue weighted by molar-refractivity contribution is -0.135. The van der Waals surface area contributed by atoms with Crippen molar-refractivity contribution < 1.29 is 14.3 Å². The van der Waals surface area contributed by atoms with Crippen LogP contribution in [0.15, 0.2) is 70.8 Å². The Balaban J connectivity index is 1.97. The lowest BCUT2D eigenvalue weighted by Crippen LogP contribution is -2.24. The molecule has 6 heteroatoms. The van der Waals surface area contributed by atoms with Crippen LogP contribution in [0.1, 0.15) is 24.5 Å². The fraction of sp³-hybridized carbons (Fsp3) is 0.150. The molecular weight excluding hydrogens is 333 g/mol. The van der Waals surface area contributed by atoms with Gasteiger partial charge in [0.05, 0.1) is 17.8 Å². The summed E-state index contributed by atoms with van der Waals surface area (Å²) >= 11 is 0. The molecule has 0 bridgehead atoms. The van der Waals surface area contributed by atoms with Gasteiger partial charge < -0.3 is 5.11 Å². The Morgan fingerprint density at radius 3 is 2.50 bits per heavy atom. The van der Waals surface area contributed by atoms with Gasteiger partial charge in [-0.15, -0.1) is 0 Å². The van der Waals surface area contributed by atoms with Crippen molar-refractivity contribution in [1.82, 2.24) is 5.01 Å². The Bertz CT molecular complexity index is 887. The Labute approximate surface area is 150 Å². The summed E-state index contributed by atoms with van der Waals surface area (Å²) in [6.07, 6.45) is 1.75. The molecule has 0 amide bonds. The molecule has 2 aromatic carbocycles. The molecular formula is C20H18FN3O2. The summed E-state index contributed by atoms with van der Waals surface area (Å²) in [7, 11) is 0. The quantitative estimate of drug-likeness (QED) is 0.834. The van der Waals surface area contributed by atoms with Crippen LogP contribution in [0.2, 0.25) is 0 Å². The van der Waals surface area contributed by atoms with Crippen LogP contribution < -0.4 is 0 Å². The monoisotopic (exact) mass is 351 g/mol. The van der Waals surface area contributed by atoms with Gasteiger partial charge in [0, 0.05) is 11.3 Å². The maximum Gasteiger partial charge on any atom is 0.309 e.